The Kier molecular flexibility index (Phi) is 7.42. The first-order valence-electron chi connectivity index (χ1n) is 6.32. The lowest BCUT2D eigenvalue weighted by Crippen LogP contribution is -2.02. The number of hydrogen-bond donors (Lipinski definition) is 0. The van der Waals surface area contributed by atoms with E-state index in [4.69, 9.17) is 0 Å². The zero-order valence-corrected chi connectivity index (χ0v) is 13.6. The molecule has 0 aliphatic heterocycles. The van der Waals surface area contributed by atoms with Crippen molar-refractivity contribution in [3.8, 4) is 6.07 Å². The van der Waals surface area contributed by atoms with Crippen molar-refractivity contribution in [2.45, 2.75) is 48.8 Å². The van der Waals surface area contributed by atoms with Crippen LogP contribution in [0.25, 0.3) is 0 Å². The molecule has 1 aromatic rings. The summed E-state index contributed by atoms with van der Waals surface area (Å²) in [6.07, 6.45) is 3.60. The van der Waals surface area contributed by atoms with Gasteiger partial charge in [0.1, 0.15) is 15.8 Å². The van der Waals surface area contributed by atoms with Crippen LogP contribution in [0.3, 0.4) is 0 Å². The largest absolute Gasteiger partial charge is 0.253 e. The number of rotatable bonds is 8. The minimum absolute atomic E-state index is 0.272. The van der Waals surface area contributed by atoms with Crippen molar-refractivity contribution >= 4 is 33.1 Å². The van der Waals surface area contributed by atoms with Gasteiger partial charge in [-0.2, -0.15) is 9.64 Å². The fourth-order valence-corrected chi connectivity index (χ4v) is 5.39. The van der Waals surface area contributed by atoms with Crippen LogP contribution < -0.4 is 0 Å². The van der Waals surface area contributed by atoms with Crippen LogP contribution in [0.5, 0.6) is 0 Å². The maximum absolute atomic E-state index is 12.1. The van der Waals surface area contributed by atoms with Crippen molar-refractivity contribution in [2.75, 3.05) is 11.5 Å². The van der Waals surface area contributed by atoms with Crippen molar-refractivity contribution in [3.63, 3.8) is 0 Å². The summed E-state index contributed by atoms with van der Waals surface area (Å²) in [6, 6.07) is 2.02. The van der Waals surface area contributed by atoms with Gasteiger partial charge in [0.15, 0.2) is 5.03 Å². The number of nitrogens with zero attached hydrogens (tertiary/aromatic N) is 2. The third-order valence-corrected chi connectivity index (χ3v) is 6.73. The van der Waals surface area contributed by atoms with Crippen molar-refractivity contribution in [1.29, 1.82) is 5.26 Å². The Hall–Kier alpha value is -0.580. The molecule has 0 aliphatic rings. The summed E-state index contributed by atoms with van der Waals surface area (Å²) in [7, 11) is -2.45. The van der Waals surface area contributed by atoms with Gasteiger partial charge in [-0.25, -0.2) is 0 Å². The molecule has 0 spiro atoms. The highest BCUT2D eigenvalue weighted by Gasteiger charge is 2.21. The second-order valence-electron chi connectivity index (χ2n) is 4.07. The summed E-state index contributed by atoms with van der Waals surface area (Å²) in [5.74, 6) is 1.05. The number of nitriles is 1. The zero-order valence-electron chi connectivity index (χ0n) is 11.2. The van der Waals surface area contributed by atoms with E-state index in [9.17, 15) is 13.7 Å². The fraction of sp³-hybridized carbons (Fsp3) is 0.667. The zero-order chi connectivity index (χ0) is 14.3. The van der Waals surface area contributed by atoms with Crippen LogP contribution in [-0.2, 0) is 21.6 Å². The Labute approximate surface area is 123 Å². The molecule has 1 aromatic heterocycles. The van der Waals surface area contributed by atoms with E-state index in [2.05, 4.69) is 4.37 Å². The smallest absolute Gasteiger partial charge is 0.160 e. The quantitative estimate of drug-likeness (QED) is 0.739. The van der Waals surface area contributed by atoms with Crippen LogP contribution in [0.1, 0.15) is 45.1 Å². The Morgan fingerprint density at radius 1 is 1.16 bits per heavy atom. The summed E-state index contributed by atoms with van der Waals surface area (Å²) in [5.41, 5.74) is 0.272. The van der Waals surface area contributed by atoms with Crippen LogP contribution in [0, 0.1) is 11.3 Å². The first-order chi connectivity index (χ1) is 9.15. The first kappa shape index (κ1) is 16.5. The fourth-order valence-electron chi connectivity index (χ4n) is 1.41. The highest BCUT2D eigenvalue weighted by atomic mass is 32.2. The van der Waals surface area contributed by atoms with Gasteiger partial charge in [0.25, 0.3) is 0 Å². The Balaban J connectivity index is 2.92. The van der Waals surface area contributed by atoms with E-state index in [0.29, 0.717) is 20.7 Å². The molecule has 0 saturated heterocycles. The van der Waals surface area contributed by atoms with Gasteiger partial charge in [0.05, 0.1) is 21.6 Å². The summed E-state index contributed by atoms with van der Waals surface area (Å²) in [6.45, 7) is 4.05. The number of aromatic nitrogens is 1. The summed E-state index contributed by atoms with van der Waals surface area (Å²) >= 11 is 1.06. The molecule has 7 heteroatoms. The monoisotopic (exact) mass is 318 g/mol. The predicted octanol–water partition coefficient (Wildman–Crippen LogP) is 2.83. The molecule has 0 N–H and O–H groups in total. The van der Waals surface area contributed by atoms with Gasteiger partial charge in [-0.3, -0.25) is 8.42 Å². The minimum atomic E-state index is -1.25. The minimum Gasteiger partial charge on any atom is -0.253 e. The van der Waals surface area contributed by atoms with E-state index in [0.717, 1.165) is 37.2 Å². The lowest BCUT2D eigenvalue weighted by atomic mass is 10.4. The number of unbranched alkanes of at least 4 members (excludes halogenated alkanes) is 2. The van der Waals surface area contributed by atoms with Gasteiger partial charge in [-0.05, 0) is 24.4 Å². The maximum Gasteiger partial charge on any atom is 0.160 e. The first-order valence-corrected chi connectivity index (χ1v) is 9.73. The highest BCUT2D eigenvalue weighted by Crippen LogP contribution is 2.25. The van der Waals surface area contributed by atoms with Gasteiger partial charge in [-0.1, -0.05) is 26.7 Å². The predicted molar refractivity (Wildman–Crippen MR) is 79.2 cm³/mol. The SMILES string of the molecule is CCCCS(=O)c1nsc(S(=O)CCCC)c1C#N. The third-order valence-electron chi connectivity index (χ3n) is 2.53. The molecular formula is C12H18N2O2S3. The topological polar surface area (TPSA) is 70.8 Å². The van der Waals surface area contributed by atoms with E-state index in [1.165, 1.54) is 0 Å². The Morgan fingerprint density at radius 3 is 2.26 bits per heavy atom. The average molecular weight is 318 g/mol. The third kappa shape index (κ3) is 4.48. The van der Waals surface area contributed by atoms with Crippen molar-refractivity contribution in [1.82, 2.24) is 4.37 Å². The van der Waals surface area contributed by atoms with Crippen LogP contribution in [0.15, 0.2) is 9.24 Å². The van der Waals surface area contributed by atoms with Crippen LogP contribution in [-0.4, -0.2) is 24.3 Å². The average Bonchev–Trinajstić information content (AvgIpc) is 2.85. The molecule has 0 bridgehead atoms. The molecule has 1 heterocycles. The molecule has 4 nitrogen and oxygen atoms in total. The second-order valence-corrected chi connectivity index (χ2v) is 8.09. The van der Waals surface area contributed by atoms with Gasteiger partial charge in [0.2, 0.25) is 0 Å². The van der Waals surface area contributed by atoms with E-state index in [1.54, 1.807) is 0 Å². The highest BCUT2D eigenvalue weighted by molar-refractivity contribution is 7.87. The summed E-state index contributed by atoms with van der Waals surface area (Å²) in [5, 5.41) is 9.50. The van der Waals surface area contributed by atoms with E-state index < -0.39 is 21.6 Å². The molecule has 0 saturated carbocycles. The van der Waals surface area contributed by atoms with Crippen LogP contribution in [0.4, 0.5) is 0 Å². The van der Waals surface area contributed by atoms with Crippen molar-refractivity contribution in [3.05, 3.63) is 5.56 Å². The molecule has 0 amide bonds. The number of hydrogen-bond acceptors (Lipinski definition) is 5. The molecule has 106 valence electrons. The van der Waals surface area contributed by atoms with E-state index in [-0.39, 0.29) is 5.56 Å². The van der Waals surface area contributed by atoms with E-state index >= 15 is 0 Å². The molecule has 2 unspecified atom stereocenters. The van der Waals surface area contributed by atoms with Gasteiger partial charge in [-0.15, -0.1) is 0 Å². The molecule has 0 radical (unpaired) electrons. The Bertz CT molecular complexity index is 468. The second kappa shape index (κ2) is 8.56. The van der Waals surface area contributed by atoms with Crippen LogP contribution in [0.2, 0.25) is 0 Å². The van der Waals surface area contributed by atoms with Gasteiger partial charge in [0, 0.05) is 11.5 Å². The Morgan fingerprint density at radius 2 is 1.74 bits per heavy atom. The molecule has 1 rings (SSSR count). The van der Waals surface area contributed by atoms with Crippen molar-refractivity contribution in [2.24, 2.45) is 0 Å². The molecular weight excluding hydrogens is 300 g/mol. The van der Waals surface area contributed by atoms with Crippen LogP contribution >= 0.6 is 11.5 Å². The summed E-state index contributed by atoms with van der Waals surface area (Å²) < 4.78 is 28.7. The van der Waals surface area contributed by atoms with Gasteiger partial charge < -0.3 is 0 Å². The molecule has 0 aromatic carbocycles. The molecule has 2 atom stereocenters. The van der Waals surface area contributed by atoms with E-state index in [1.807, 2.05) is 19.9 Å². The lowest BCUT2D eigenvalue weighted by Gasteiger charge is -1.99. The standard InChI is InChI=1S/C12H18N2O2S3/c1-3-5-7-18(15)11-10(9-13)12(17-14-11)19(16)8-6-4-2/h3-8H2,1-2H3. The normalized spacial score (nSPS) is 13.9. The lowest BCUT2D eigenvalue weighted by molar-refractivity contribution is 0.677. The molecule has 19 heavy (non-hydrogen) atoms. The van der Waals surface area contributed by atoms with Crippen molar-refractivity contribution < 1.29 is 8.42 Å². The maximum atomic E-state index is 12.1. The molecule has 0 aliphatic carbocycles. The molecule has 0 fully saturated rings. The van der Waals surface area contributed by atoms with Gasteiger partial charge >= 0.3 is 0 Å². The summed E-state index contributed by atoms with van der Waals surface area (Å²) in [4.78, 5) is 0.